The number of carboxylic acid groups (broad SMARTS) is 1. The molecule has 20 heavy (non-hydrogen) atoms. The van der Waals surface area contributed by atoms with Crippen LogP contribution in [0.5, 0.6) is 5.75 Å². The number of carbonyl (C=O) groups is 1. The van der Waals surface area contributed by atoms with Gasteiger partial charge in [-0.25, -0.2) is 0 Å². The van der Waals surface area contributed by atoms with Crippen molar-refractivity contribution in [3.05, 3.63) is 29.3 Å². The zero-order chi connectivity index (χ0) is 14.3. The number of aliphatic hydroxyl groups excluding tert-OH is 1. The van der Waals surface area contributed by atoms with E-state index >= 15 is 0 Å². The van der Waals surface area contributed by atoms with Crippen LogP contribution in [0.1, 0.15) is 43.2 Å². The Bertz CT molecular complexity index is 525. The van der Waals surface area contributed by atoms with E-state index in [-0.39, 0.29) is 30.5 Å². The first kappa shape index (κ1) is 13.4. The number of fused-ring (bicyclic) bond motifs is 3. The van der Waals surface area contributed by atoms with Gasteiger partial charge in [-0.1, -0.05) is 25.1 Å². The Morgan fingerprint density at radius 3 is 3.00 bits per heavy atom. The van der Waals surface area contributed by atoms with Gasteiger partial charge in [-0.15, -0.1) is 0 Å². The topological polar surface area (TPSA) is 66.8 Å². The summed E-state index contributed by atoms with van der Waals surface area (Å²) in [5, 5.41) is 18.7. The van der Waals surface area contributed by atoms with Gasteiger partial charge in [0, 0.05) is 24.3 Å². The van der Waals surface area contributed by atoms with Crippen molar-refractivity contribution in [2.24, 2.45) is 5.92 Å². The van der Waals surface area contributed by atoms with Gasteiger partial charge in [0.05, 0.1) is 6.10 Å². The van der Waals surface area contributed by atoms with Crippen LogP contribution < -0.4 is 4.74 Å². The average molecular weight is 276 g/mol. The maximum Gasteiger partial charge on any atom is 0.303 e. The van der Waals surface area contributed by atoms with Gasteiger partial charge in [0.2, 0.25) is 0 Å². The first-order chi connectivity index (χ1) is 9.58. The van der Waals surface area contributed by atoms with Crippen LogP contribution in [-0.2, 0) is 11.2 Å². The molecule has 1 aliphatic heterocycles. The SMILES string of the molecule is C[C@H]1[C@@H]2c3cccc(CCCC(=O)O)c3O[C@@H]2C[C@@H]1O. The Morgan fingerprint density at radius 1 is 1.45 bits per heavy atom. The van der Waals surface area contributed by atoms with E-state index in [4.69, 9.17) is 9.84 Å². The molecule has 1 aromatic rings. The molecule has 0 bridgehead atoms. The van der Waals surface area contributed by atoms with Crippen molar-refractivity contribution in [2.45, 2.75) is 50.7 Å². The van der Waals surface area contributed by atoms with Gasteiger partial charge in [0.15, 0.2) is 0 Å². The Morgan fingerprint density at radius 2 is 2.25 bits per heavy atom. The van der Waals surface area contributed by atoms with E-state index in [0.29, 0.717) is 12.8 Å². The normalized spacial score (nSPS) is 30.7. The molecule has 4 nitrogen and oxygen atoms in total. The minimum absolute atomic E-state index is 0.0793. The summed E-state index contributed by atoms with van der Waals surface area (Å²) in [7, 11) is 0. The van der Waals surface area contributed by atoms with Gasteiger partial charge in [0.25, 0.3) is 0 Å². The highest BCUT2D eigenvalue weighted by atomic mass is 16.5. The molecule has 0 radical (unpaired) electrons. The first-order valence-electron chi connectivity index (χ1n) is 7.26. The molecule has 0 spiro atoms. The van der Waals surface area contributed by atoms with Crippen LogP contribution >= 0.6 is 0 Å². The summed E-state index contributed by atoms with van der Waals surface area (Å²) in [6.07, 6.45) is 2.03. The van der Waals surface area contributed by atoms with Crippen LogP contribution in [0.25, 0.3) is 0 Å². The Hall–Kier alpha value is -1.55. The number of ether oxygens (including phenoxy) is 1. The second kappa shape index (κ2) is 5.09. The summed E-state index contributed by atoms with van der Waals surface area (Å²) in [6.45, 7) is 2.07. The van der Waals surface area contributed by atoms with Gasteiger partial charge in [0.1, 0.15) is 11.9 Å². The number of hydrogen-bond acceptors (Lipinski definition) is 3. The summed E-state index contributed by atoms with van der Waals surface area (Å²) in [6, 6.07) is 6.11. The van der Waals surface area contributed by atoms with E-state index in [1.165, 1.54) is 5.56 Å². The Labute approximate surface area is 118 Å². The van der Waals surface area contributed by atoms with E-state index in [1.807, 2.05) is 12.1 Å². The summed E-state index contributed by atoms with van der Waals surface area (Å²) < 4.78 is 6.05. The van der Waals surface area contributed by atoms with Crippen molar-refractivity contribution in [2.75, 3.05) is 0 Å². The molecule has 0 saturated heterocycles. The molecular formula is C16H20O4. The Kier molecular flexibility index (Phi) is 3.42. The summed E-state index contributed by atoms with van der Waals surface area (Å²) in [5.41, 5.74) is 2.28. The number of aliphatic hydroxyl groups is 1. The minimum Gasteiger partial charge on any atom is -0.489 e. The lowest BCUT2D eigenvalue weighted by Gasteiger charge is -2.15. The van der Waals surface area contributed by atoms with Crippen molar-refractivity contribution in [1.82, 2.24) is 0 Å². The first-order valence-corrected chi connectivity index (χ1v) is 7.26. The lowest BCUT2D eigenvalue weighted by molar-refractivity contribution is -0.137. The van der Waals surface area contributed by atoms with Crippen LogP contribution in [0, 0.1) is 5.92 Å². The third kappa shape index (κ3) is 2.18. The third-order valence-corrected chi connectivity index (χ3v) is 4.64. The minimum atomic E-state index is -0.757. The van der Waals surface area contributed by atoms with Gasteiger partial charge in [-0.2, -0.15) is 0 Å². The quantitative estimate of drug-likeness (QED) is 0.885. The lowest BCUT2D eigenvalue weighted by atomic mass is 9.88. The van der Waals surface area contributed by atoms with Crippen molar-refractivity contribution in [1.29, 1.82) is 0 Å². The number of hydrogen-bond donors (Lipinski definition) is 2. The molecule has 1 aliphatic carbocycles. The lowest BCUT2D eigenvalue weighted by Crippen LogP contribution is -2.14. The fourth-order valence-corrected chi connectivity index (χ4v) is 3.57. The van der Waals surface area contributed by atoms with Crippen molar-refractivity contribution in [3.63, 3.8) is 0 Å². The van der Waals surface area contributed by atoms with E-state index < -0.39 is 5.97 Å². The predicted molar refractivity (Wildman–Crippen MR) is 74.0 cm³/mol. The van der Waals surface area contributed by atoms with E-state index in [2.05, 4.69) is 13.0 Å². The zero-order valence-electron chi connectivity index (χ0n) is 11.6. The summed E-state index contributed by atoms with van der Waals surface area (Å²) >= 11 is 0. The van der Waals surface area contributed by atoms with Crippen LogP contribution in [0.4, 0.5) is 0 Å². The molecule has 1 saturated carbocycles. The molecule has 1 heterocycles. The van der Waals surface area contributed by atoms with Crippen molar-refractivity contribution < 1.29 is 19.7 Å². The molecule has 4 atom stereocenters. The number of para-hydroxylation sites is 1. The van der Waals surface area contributed by atoms with Crippen molar-refractivity contribution in [3.8, 4) is 5.75 Å². The highest BCUT2D eigenvalue weighted by Gasteiger charge is 2.47. The molecular weight excluding hydrogens is 256 g/mol. The second-order valence-electron chi connectivity index (χ2n) is 5.93. The molecule has 0 amide bonds. The molecule has 2 N–H and O–H groups in total. The largest absolute Gasteiger partial charge is 0.489 e. The smallest absolute Gasteiger partial charge is 0.303 e. The predicted octanol–water partition coefficient (Wildman–Crippen LogP) is 2.34. The number of aliphatic carboxylic acids is 1. The van der Waals surface area contributed by atoms with E-state index in [1.54, 1.807) is 0 Å². The monoisotopic (exact) mass is 276 g/mol. The van der Waals surface area contributed by atoms with Gasteiger partial charge < -0.3 is 14.9 Å². The summed E-state index contributed by atoms with van der Waals surface area (Å²) in [4.78, 5) is 10.6. The summed E-state index contributed by atoms with van der Waals surface area (Å²) in [5.74, 6) is 0.675. The maximum atomic E-state index is 10.6. The molecule has 1 fully saturated rings. The molecule has 3 rings (SSSR count). The average Bonchev–Trinajstić information content (AvgIpc) is 2.88. The Balaban J connectivity index is 1.81. The van der Waals surface area contributed by atoms with E-state index in [9.17, 15) is 9.90 Å². The zero-order valence-corrected chi connectivity index (χ0v) is 11.6. The van der Waals surface area contributed by atoms with Gasteiger partial charge >= 0.3 is 5.97 Å². The molecule has 0 aromatic heterocycles. The molecule has 2 aliphatic rings. The number of aryl methyl sites for hydroxylation is 1. The van der Waals surface area contributed by atoms with Gasteiger partial charge in [-0.3, -0.25) is 4.79 Å². The van der Waals surface area contributed by atoms with Crippen LogP contribution in [0.2, 0.25) is 0 Å². The maximum absolute atomic E-state index is 10.6. The van der Waals surface area contributed by atoms with Crippen LogP contribution in [0.3, 0.4) is 0 Å². The van der Waals surface area contributed by atoms with Crippen LogP contribution in [-0.4, -0.2) is 28.4 Å². The molecule has 1 aromatic carbocycles. The fraction of sp³-hybridized carbons (Fsp3) is 0.562. The highest BCUT2D eigenvalue weighted by Crippen LogP contribution is 2.51. The molecule has 0 unspecified atom stereocenters. The molecule has 4 heteroatoms. The third-order valence-electron chi connectivity index (χ3n) is 4.64. The number of rotatable bonds is 4. The fourth-order valence-electron chi connectivity index (χ4n) is 3.57. The second-order valence-corrected chi connectivity index (χ2v) is 5.93. The van der Waals surface area contributed by atoms with E-state index in [0.717, 1.165) is 17.7 Å². The van der Waals surface area contributed by atoms with Crippen LogP contribution in [0.15, 0.2) is 18.2 Å². The molecule has 108 valence electrons. The number of carboxylic acids is 1. The standard InChI is InChI=1S/C16H20O4/c1-9-12(17)8-13-15(9)11-6-2-4-10(16(11)20-13)5-3-7-14(18)19/h2,4,6,9,12-13,15,17H,3,5,7-8H2,1H3,(H,18,19)/t9-,12+,13-,15-/m1/s1. The highest BCUT2D eigenvalue weighted by molar-refractivity contribution is 5.66. The van der Waals surface area contributed by atoms with Crippen molar-refractivity contribution >= 4 is 5.97 Å². The van der Waals surface area contributed by atoms with Gasteiger partial charge in [-0.05, 0) is 24.3 Å². The number of benzene rings is 1.